The van der Waals surface area contributed by atoms with E-state index in [-0.39, 0.29) is 37.9 Å². The minimum Gasteiger partial charge on any atom is -0.454 e. The van der Waals surface area contributed by atoms with Crippen LogP contribution in [0.1, 0.15) is 25.8 Å². The van der Waals surface area contributed by atoms with Crippen LogP contribution in [0.3, 0.4) is 0 Å². The van der Waals surface area contributed by atoms with E-state index in [2.05, 4.69) is 20.4 Å². The Bertz CT molecular complexity index is 1280. The fourth-order valence-electron chi connectivity index (χ4n) is 4.71. The van der Waals surface area contributed by atoms with Gasteiger partial charge in [0.15, 0.2) is 17.3 Å². The number of urea groups is 1. The topological polar surface area (TPSA) is 100 Å². The maximum atomic E-state index is 13.4. The molecule has 0 spiro atoms. The molecule has 0 radical (unpaired) electrons. The van der Waals surface area contributed by atoms with Crippen molar-refractivity contribution in [3.05, 3.63) is 66.2 Å². The maximum Gasteiger partial charge on any atom is 0.318 e. The number of carbonyl (C=O) groups excluding carboxylic acids is 2. The van der Waals surface area contributed by atoms with Gasteiger partial charge in [0.05, 0.1) is 5.69 Å². The summed E-state index contributed by atoms with van der Waals surface area (Å²) in [5, 5.41) is 11.8. The third kappa shape index (κ3) is 6.57. The summed E-state index contributed by atoms with van der Waals surface area (Å²) >= 11 is 0. The molecule has 1 N–H and O–H groups in total. The van der Waals surface area contributed by atoms with E-state index in [0.717, 1.165) is 35.6 Å². The molecule has 0 aliphatic carbocycles. The molecule has 0 bridgehead atoms. The molecule has 10 nitrogen and oxygen atoms in total. The molecule has 3 amide bonds. The Morgan fingerprint density at radius 3 is 2.54 bits per heavy atom. The summed E-state index contributed by atoms with van der Waals surface area (Å²) in [6.45, 7) is 6.84. The summed E-state index contributed by atoms with van der Waals surface area (Å²) in [5.74, 6) is 2.05. The SMILES string of the molecule is CC(C)NC(=O)N(CC(=O)N1CCCN(c2ccc(-c3ccccc3)nn2)CC1)Cc1ccc2c(c1)OCO2. The number of nitrogens with zero attached hydrogens (tertiary/aromatic N) is 5. The molecular formula is C29H34N6O4. The van der Waals surface area contributed by atoms with Crippen molar-refractivity contribution >= 4 is 17.8 Å². The van der Waals surface area contributed by atoms with E-state index in [0.29, 0.717) is 31.1 Å². The van der Waals surface area contributed by atoms with Gasteiger partial charge in [-0.1, -0.05) is 36.4 Å². The molecule has 1 saturated heterocycles. The molecule has 204 valence electrons. The maximum absolute atomic E-state index is 13.4. The third-order valence-corrected chi connectivity index (χ3v) is 6.73. The van der Waals surface area contributed by atoms with Crippen molar-refractivity contribution in [3.63, 3.8) is 0 Å². The lowest BCUT2D eigenvalue weighted by molar-refractivity contribution is -0.131. The van der Waals surface area contributed by atoms with Crippen molar-refractivity contribution in [2.45, 2.75) is 32.9 Å². The standard InChI is InChI=1S/C29H34N6O4/c1-21(2)30-29(37)35(18-22-9-11-25-26(17-22)39-20-38-25)19-28(36)34-14-6-13-33(15-16-34)27-12-10-24(31-32-27)23-7-4-3-5-8-23/h3-5,7-12,17,21H,6,13-16,18-20H2,1-2H3,(H,30,37). The van der Waals surface area contributed by atoms with Crippen molar-refractivity contribution in [3.8, 4) is 22.8 Å². The van der Waals surface area contributed by atoms with Crippen LogP contribution in [0.15, 0.2) is 60.7 Å². The average Bonchev–Trinajstić information content (AvgIpc) is 3.27. The predicted octanol–water partition coefficient (Wildman–Crippen LogP) is 3.53. The van der Waals surface area contributed by atoms with Crippen LogP contribution >= 0.6 is 0 Å². The lowest BCUT2D eigenvalue weighted by Crippen LogP contribution is -2.48. The number of hydrogen-bond acceptors (Lipinski definition) is 7. The van der Waals surface area contributed by atoms with Gasteiger partial charge in [-0.25, -0.2) is 4.79 Å². The van der Waals surface area contributed by atoms with Crippen LogP contribution in [-0.4, -0.2) is 77.5 Å². The van der Waals surface area contributed by atoms with E-state index < -0.39 is 0 Å². The van der Waals surface area contributed by atoms with Gasteiger partial charge in [0.2, 0.25) is 12.7 Å². The Labute approximate surface area is 228 Å². The van der Waals surface area contributed by atoms with E-state index in [1.807, 2.05) is 79.4 Å². The normalized spacial score (nSPS) is 14.7. The smallest absolute Gasteiger partial charge is 0.318 e. The van der Waals surface area contributed by atoms with Crippen LogP contribution in [0.25, 0.3) is 11.3 Å². The van der Waals surface area contributed by atoms with Crippen molar-refractivity contribution in [2.75, 3.05) is 44.4 Å². The van der Waals surface area contributed by atoms with Crippen molar-refractivity contribution in [1.82, 2.24) is 25.3 Å². The average molecular weight is 531 g/mol. The van der Waals surface area contributed by atoms with E-state index in [4.69, 9.17) is 9.47 Å². The fraction of sp³-hybridized carbons (Fsp3) is 0.379. The molecule has 2 aliphatic heterocycles. The highest BCUT2D eigenvalue weighted by atomic mass is 16.7. The molecule has 2 aliphatic rings. The summed E-state index contributed by atoms with van der Waals surface area (Å²) in [5.41, 5.74) is 2.72. The number of carbonyl (C=O) groups is 2. The van der Waals surface area contributed by atoms with Gasteiger partial charge in [-0.15, -0.1) is 10.2 Å². The second kappa shape index (κ2) is 12.0. The molecule has 1 fully saturated rings. The summed E-state index contributed by atoms with van der Waals surface area (Å²) in [6.07, 6.45) is 0.800. The second-order valence-corrected chi connectivity index (χ2v) is 10.0. The third-order valence-electron chi connectivity index (χ3n) is 6.73. The molecule has 1 aromatic heterocycles. The first-order valence-electron chi connectivity index (χ1n) is 13.3. The first-order valence-corrected chi connectivity index (χ1v) is 13.3. The first kappa shape index (κ1) is 26.3. The van der Waals surface area contributed by atoms with Crippen LogP contribution in [0.5, 0.6) is 11.5 Å². The Morgan fingerprint density at radius 2 is 1.77 bits per heavy atom. The first-order chi connectivity index (χ1) is 19.0. The Hall–Kier alpha value is -4.34. The minimum absolute atomic E-state index is 0.0153. The number of fused-ring (bicyclic) bond motifs is 1. The molecule has 0 atom stereocenters. The summed E-state index contributed by atoms with van der Waals surface area (Å²) < 4.78 is 10.9. The number of anilines is 1. The number of ether oxygens (including phenoxy) is 2. The van der Waals surface area contributed by atoms with Gasteiger partial charge in [0.25, 0.3) is 0 Å². The van der Waals surface area contributed by atoms with E-state index in [1.54, 1.807) is 4.90 Å². The zero-order valence-electron chi connectivity index (χ0n) is 22.4. The molecule has 3 aromatic rings. The van der Waals surface area contributed by atoms with Crippen LogP contribution in [-0.2, 0) is 11.3 Å². The molecular weight excluding hydrogens is 496 g/mol. The second-order valence-electron chi connectivity index (χ2n) is 10.0. The van der Waals surface area contributed by atoms with E-state index in [9.17, 15) is 9.59 Å². The van der Waals surface area contributed by atoms with Crippen molar-refractivity contribution < 1.29 is 19.1 Å². The highest BCUT2D eigenvalue weighted by Crippen LogP contribution is 2.32. The Balaban J connectivity index is 1.22. The molecule has 10 heteroatoms. The number of hydrogen-bond donors (Lipinski definition) is 1. The van der Waals surface area contributed by atoms with E-state index >= 15 is 0 Å². The number of nitrogens with one attached hydrogen (secondary N) is 1. The molecule has 5 rings (SSSR count). The Morgan fingerprint density at radius 1 is 0.949 bits per heavy atom. The van der Waals surface area contributed by atoms with Gasteiger partial charge < -0.3 is 29.5 Å². The largest absolute Gasteiger partial charge is 0.454 e. The zero-order valence-corrected chi connectivity index (χ0v) is 22.4. The van der Waals surface area contributed by atoms with Gasteiger partial charge in [0.1, 0.15) is 6.54 Å². The highest BCUT2D eigenvalue weighted by Gasteiger charge is 2.25. The molecule has 2 aromatic carbocycles. The van der Waals surface area contributed by atoms with Gasteiger partial charge >= 0.3 is 6.03 Å². The summed E-state index contributed by atoms with van der Waals surface area (Å²) in [6, 6.07) is 19.2. The van der Waals surface area contributed by atoms with Crippen LogP contribution in [0.4, 0.5) is 10.6 Å². The van der Waals surface area contributed by atoms with Crippen molar-refractivity contribution in [2.24, 2.45) is 0 Å². The number of benzene rings is 2. The fourth-order valence-corrected chi connectivity index (χ4v) is 4.71. The molecule has 39 heavy (non-hydrogen) atoms. The quantitative estimate of drug-likeness (QED) is 0.499. The summed E-state index contributed by atoms with van der Waals surface area (Å²) in [4.78, 5) is 31.9. The predicted molar refractivity (Wildman–Crippen MR) is 148 cm³/mol. The molecule has 3 heterocycles. The zero-order chi connectivity index (χ0) is 27.2. The number of aromatic nitrogens is 2. The molecule has 0 unspecified atom stereocenters. The van der Waals surface area contributed by atoms with Gasteiger partial charge in [0, 0.05) is 44.3 Å². The van der Waals surface area contributed by atoms with Crippen LogP contribution in [0, 0.1) is 0 Å². The molecule has 0 saturated carbocycles. The Kier molecular flexibility index (Phi) is 8.10. The monoisotopic (exact) mass is 530 g/mol. The lowest BCUT2D eigenvalue weighted by Gasteiger charge is -2.28. The van der Waals surface area contributed by atoms with Crippen LogP contribution < -0.4 is 19.7 Å². The minimum atomic E-state index is -0.277. The van der Waals surface area contributed by atoms with Crippen molar-refractivity contribution in [1.29, 1.82) is 0 Å². The van der Waals surface area contributed by atoms with Crippen LogP contribution in [0.2, 0.25) is 0 Å². The highest BCUT2D eigenvalue weighted by molar-refractivity contribution is 5.84. The number of rotatable bonds is 7. The number of amides is 3. The van der Waals surface area contributed by atoms with Gasteiger partial charge in [-0.2, -0.15) is 0 Å². The lowest BCUT2D eigenvalue weighted by atomic mass is 10.1. The van der Waals surface area contributed by atoms with E-state index in [1.165, 1.54) is 0 Å². The van der Waals surface area contributed by atoms with Gasteiger partial charge in [-0.3, -0.25) is 4.79 Å². The van der Waals surface area contributed by atoms with Gasteiger partial charge in [-0.05, 0) is 50.1 Å². The summed E-state index contributed by atoms with van der Waals surface area (Å²) in [7, 11) is 0.